The Morgan fingerprint density at radius 1 is 1.41 bits per heavy atom. The fourth-order valence-electron chi connectivity index (χ4n) is 2.39. The molecule has 1 atom stereocenters. The maximum absolute atomic E-state index is 11.8. The molecule has 17 heavy (non-hydrogen) atoms. The number of carbonyl (C=O) groups excluding carboxylic acids is 1. The Kier molecular flexibility index (Phi) is 4.15. The number of rotatable bonds is 4. The SMILES string of the molecule is CN1CCCC1CCNC(=O)c1ccccc1. The second-order valence-electron chi connectivity index (χ2n) is 4.69. The highest BCUT2D eigenvalue weighted by atomic mass is 16.1. The molecule has 0 aliphatic carbocycles. The van der Waals surface area contributed by atoms with Gasteiger partial charge in [0, 0.05) is 18.2 Å². The summed E-state index contributed by atoms with van der Waals surface area (Å²) in [5, 5.41) is 2.98. The van der Waals surface area contributed by atoms with Gasteiger partial charge in [-0.05, 0) is 45.0 Å². The van der Waals surface area contributed by atoms with Crippen molar-refractivity contribution in [2.24, 2.45) is 0 Å². The molecule has 0 spiro atoms. The topological polar surface area (TPSA) is 32.3 Å². The summed E-state index contributed by atoms with van der Waals surface area (Å²) in [6, 6.07) is 10.0. The molecule has 92 valence electrons. The maximum atomic E-state index is 11.8. The van der Waals surface area contributed by atoms with E-state index in [2.05, 4.69) is 17.3 Å². The summed E-state index contributed by atoms with van der Waals surface area (Å²) in [4.78, 5) is 14.2. The molecular weight excluding hydrogens is 212 g/mol. The van der Waals surface area contributed by atoms with Crippen molar-refractivity contribution >= 4 is 5.91 Å². The largest absolute Gasteiger partial charge is 0.352 e. The second-order valence-corrected chi connectivity index (χ2v) is 4.69. The first kappa shape index (κ1) is 12.1. The van der Waals surface area contributed by atoms with Gasteiger partial charge in [-0.2, -0.15) is 0 Å². The van der Waals surface area contributed by atoms with Crippen LogP contribution < -0.4 is 5.32 Å². The first-order valence-corrected chi connectivity index (χ1v) is 6.31. The Morgan fingerprint density at radius 3 is 2.82 bits per heavy atom. The molecule has 1 aliphatic heterocycles. The van der Waals surface area contributed by atoms with Crippen molar-refractivity contribution in [2.75, 3.05) is 20.1 Å². The second kappa shape index (κ2) is 5.82. The van der Waals surface area contributed by atoms with Crippen molar-refractivity contribution in [1.82, 2.24) is 10.2 Å². The summed E-state index contributed by atoms with van der Waals surface area (Å²) in [5.74, 6) is 0.0336. The van der Waals surface area contributed by atoms with Crippen LogP contribution in [0.3, 0.4) is 0 Å². The fourth-order valence-corrected chi connectivity index (χ4v) is 2.39. The molecule has 0 saturated carbocycles. The summed E-state index contributed by atoms with van der Waals surface area (Å²) in [6.45, 7) is 1.96. The molecule has 1 amide bonds. The van der Waals surface area contributed by atoms with Gasteiger partial charge < -0.3 is 10.2 Å². The van der Waals surface area contributed by atoms with Gasteiger partial charge in [-0.3, -0.25) is 4.79 Å². The Balaban J connectivity index is 1.74. The van der Waals surface area contributed by atoms with E-state index >= 15 is 0 Å². The van der Waals surface area contributed by atoms with Gasteiger partial charge in [0.15, 0.2) is 0 Å². The molecule has 0 bridgehead atoms. The van der Waals surface area contributed by atoms with Crippen LogP contribution in [0.2, 0.25) is 0 Å². The zero-order valence-electron chi connectivity index (χ0n) is 10.4. The average molecular weight is 232 g/mol. The zero-order valence-corrected chi connectivity index (χ0v) is 10.4. The Morgan fingerprint density at radius 2 is 2.18 bits per heavy atom. The van der Waals surface area contributed by atoms with Gasteiger partial charge in [-0.25, -0.2) is 0 Å². The van der Waals surface area contributed by atoms with Gasteiger partial charge in [0.25, 0.3) is 5.91 Å². The van der Waals surface area contributed by atoms with E-state index in [4.69, 9.17) is 0 Å². The lowest BCUT2D eigenvalue weighted by Crippen LogP contribution is -2.31. The molecular formula is C14H20N2O. The lowest BCUT2D eigenvalue weighted by molar-refractivity contribution is 0.0950. The first-order valence-electron chi connectivity index (χ1n) is 6.31. The van der Waals surface area contributed by atoms with E-state index in [-0.39, 0.29) is 5.91 Å². The predicted molar refractivity (Wildman–Crippen MR) is 69.0 cm³/mol. The van der Waals surface area contributed by atoms with Crippen LogP contribution in [0.5, 0.6) is 0 Å². The smallest absolute Gasteiger partial charge is 0.251 e. The predicted octanol–water partition coefficient (Wildman–Crippen LogP) is 1.90. The van der Waals surface area contributed by atoms with Crippen molar-refractivity contribution < 1.29 is 4.79 Å². The van der Waals surface area contributed by atoms with E-state index in [9.17, 15) is 4.79 Å². The zero-order chi connectivity index (χ0) is 12.1. The molecule has 1 unspecified atom stereocenters. The van der Waals surface area contributed by atoms with Gasteiger partial charge in [0.1, 0.15) is 0 Å². The van der Waals surface area contributed by atoms with Gasteiger partial charge in [-0.15, -0.1) is 0 Å². The van der Waals surface area contributed by atoms with Crippen LogP contribution in [0.1, 0.15) is 29.6 Å². The third kappa shape index (κ3) is 3.30. The number of nitrogens with one attached hydrogen (secondary N) is 1. The maximum Gasteiger partial charge on any atom is 0.251 e. The van der Waals surface area contributed by atoms with Crippen LogP contribution in [-0.4, -0.2) is 37.0 Å². The number of hydrogen-bond acceptors (Lipinski definition) is 2. The standard InChI is InChI=1S/C14H20N2O/c1-16-11-5-8-13(16)9-10-15-14(17)12-6-3-2-4-7-12/h2-4,6-7,13H,5,8-11H2,1H3,(H,15,17). The molecule has 1 aromatic rings. The monoisotopic (exact) mass is 232 g/mol. The fraction of sp³-hybridized carbons (Fsp3) is 0.500. The third-order valence-corrected chi connectivity index (χ3v) is 3.47. The van der Waals surface area contributed by atoms with Gasteiger partial charge >= 0.3 is 0 Å². The number of nitrogens with zero attached hydrogens (tertiary/aromatic N) is 1. The summed E-state index contributed by atoms with van der Waals surface area (Å²) in [7, 11) is 2.16. The van der Waals surface area contributed by atoms with Gasteiger partial charge in [0.05, 0.1) is 0 Å². The van der Waals surface area contributed by atoms with E-state index in [0.29, 0.717) is 6.04 Å². The van der Waals surface area contributed by atoms with Crippen LogP contribution in [0.4, 0.5) is 0 Å². The molecule has 3 heteroatoms. The van der Waals surface area contributed by atoms with Crippen molar-refractivity contribution in [3.05, 3.63) is 35.9 Å². The normalized spacial score (nSPS) is 20.4. The highest BCUT2D eigenvalue weighted by Crippen LogP contribution is 2.16. The highest BCUT2D eigenvalue weighted by Gasteiger charge is 2.20. The van der Waals surface area contributed by atoms with Crippen molar-refractivity contribution in [1.29, 1.82) is 0 Å². The summed E-state index contributed by atoms with van der Waals surface area (Å²) < 4.78 is 0. The summed E-state index contributed by atoms with van der Waals surface area (Å²) in [5.41, 5.74) is 0.743. The van der Waals surface area contributed by atoms with E-state index in [1.165, 1.54) is 19.4 Å². The Bertz CT molecular complexity index is 364. The Labute approximate surface area is 103 Å². The Hall–Kier alpha value is -1.35. The minimum Gasteiger partial charge on any atom is -0.352 e. The molecule has 1 aromatic carbocycles. The van der Waals surface area contributed by atoms with Crippen molar-refractivity contribution in [3.8, 4) is 0 Å². The van der Waals surface area contributed by atoms with Gasteiger partial charge in [-0.1, -0.05) is 18.2 Å². The van der Waals surface area contributed by atoms with Crippen LogP contribution >= 0.6 is 0 Å². The van der Waals surface area contributed by atoms with E-state index in [1.54, 1.807) is 0 Å². The molecule has 1 fully saturated rings. The number of amides is 1. The first-order chi connectivity index (χ1) is 8.27. The average Bonchev–Trinajstić information content (AvgIpc) is 2.76. The van der Waals surface area contributed by atoms with Crippen LogP contribution in [-0.2, 0) is 0 Å². The lowest BCUT2D eigenvalue weighted by atomic mass is 10.1. The molecule has 1 aliphatic rings. The number of hydrogen-bond donors (Lipinski definition) is 1. The summed E-state index contributed by atoms with van der Waals surface area (Å²) >= 11 is 0. The number of benzene rings is 1. The quantitative estimate of drug-likeness (QED) is 0.860. The number of likely N-dealkylation sites (tertiary alicyclic amines) is 1. The van der Waals surface area contributed by atoms with Crippen LogP contribution in [0.25, 0.3) is 0 Å². The third-order valence-electron chi connectivity index (χ3n) is 3.47. The molecule has 2 rings (SSSR count). The van der Waals surface area contributed by atoms with Gasteiger partial charge in [0.2, 0.25) is 0 Å². The summed E-state index contributed by atoms with van der Waals surface area (Å²) in [6.07, 6.45) is 3.60. The van der Waals surface area contributed by atoms with Crippen LogP contribution in [0, 0.1) is 0 Å². The van der Waals surface area contributed by atoms with E-state index < -0.39 is 0 Å². The minimum atomic E-state index is 0.0336. The molecule has 1 heterocycles. The highest BCUT2D eigenvalue weighted by molar-refractivity contribution is 5.94. The molecule has 3 nitrogen and oxygen atoms in total. The lowest BCUT2D eigenvalue weighted by Gasteiger charge is -2.19. The molecule has 1 N–H and O–H groups in total. The molecule has 0 aromatic heterocycles. The van der Waals surface area contributed by atoms with Crippen LogP contribution in [0.15, 0.2) is 30.3 Å². The van der Waals surface area contributed by atoms with Crippen molar-refractivity contribution in [2.45, 2.75) is 25.3 Å². The molecule has 0 radical (unpaired) electrons. The minimum absolute atomic E-state index is 0.0336. The molecule has 1 saturated heterocycles. The van der Waals surface area contributed by atoms with Crippen molar-refractivity contribution in [3.63, 3.8) is 0 Å². The van der Waals surface area contributed by atoms with E-state index in [0.717, 1.165) is 18.5 Å². The van der Waals surface area contributed by atoms with E-state index in [1.807, 2.05) is 30.3 Å². The number of carbonyl (C=O) groups is 1.